The van der Waals surface area contributed by atoms with Crippen LogP contribution < -0.4 is 5.32 Å². The first-order valence-corrected chi connectivity index (χ1v) is 11.6. The van der Waals surface area contributed by atoms with Crippen molar-refractivity contribution >= 4 is 23.2 Å². The Morgan fingerprint density at radius 2 is 1.86 bits per heavy atom. The average molecular weight is 406 g/mol. The number of amides is 2. The van der Waals surface area contributed by atoms with E-state index in [1.807, 2.05) is 22.4 Å². The first kappa shape index (κ1) is 19.9. The molecule has 4 rings (SSSR count). The SMILES string of the molecule is O=C(NC1CCCCC1)[C@@H]1C[C@@H](O)CN1C1CCN(C(=O)c2cccs2)CC1. The van der Waals surface area contributed by atoms with Crippen molar-refractivity contribution in [1.82, 2.24) is 15.1 Å². The van der Waals surface area contributed by atoms with E-state index in [-0.39, 0.29) is 23.9 Å². The molecule has 28 heavy (non-hydrogen) atoms. The molecular formula is C21H31N3O3S. The van der Waals surface area contributed by atoms with E-state index in [1.165, 1.54) is 30.6 Å². The van der Waals surface area contributed by atoms with Gasteiger partial charge in [-0.25, -0.2) is 0 Å². The summed E-state index contributed by atoms with van der Waals surface area (Å²) in [4.78, 5) is 30.4. The number of hydrogen-bond acceptors (Lipinski definition) is 5. The van der Waals surface area contributed by atoms with Gasteiger partial charge in [-0.1, -0.05) is 25.3 Å². The minimum Gasteiger partial charge on any atom is -0.392 e. The number of nitrogens with zero attached hydrogens (tertiary/aromatic N) is 2. The third kappa shape index (κ3) is 4.42. The van der Waals surface area contributed by atoms with E-state index in [0.29, 0.717) is 32.1 Å². The Bertz CT molecular complexity index is 666. The molecule has 1 aromatic rings. The first-order chi connectivity index (χ1) is 13.6. The van der Waals surface area contributed by atoms with Gasteiger partial charge < -0.3 is 15.3 Å². The van der Waals surface area contributed by atoms with Crippen LogP contribution in [0, 0.1) is 0 Å². The molecule has 1 aromatic heterocycles. The van der Waals surface area contributed by atoms with E-state index in [2.05, 4.69) is 10.2 Å². The predicted molar refractivity (Wildman–Crippen MR) is 109 cm³/mol. The summed E-state index contributed by atoms with van der Waals surface area (Å²) in [5, 5.41) is 15.4. The van der Waals surface area contributed by atoms with Crippen LogP contribution in [0.4, 0.5) is 0 Å². The molecule has 2 saturated heterocycles. The van der Waals surface area contributed by atoms with Gasteiger partial charge >= 0.3 is 0 Å². The van der Waals surface area contributed by atoms with Gasteiger partial charge in [-0.2, -0.15) is 0 Å². The lowest BCUT2D eigenvalue weighted by Crippen LogP contribution is -2.53. The summed E-state index contributed by atoms with van der Waals surface area (Å²) in [5.41, 5.74) is 0. The Morgan fingerprint density at radius 1 is 1.11 bits per heavy atom. The molecule has 1 saturated carbocycles. The highest BCUT2D eigenvalue weighted by atomic mass is 32.1. The molecule has 2 atom stereocenters. The molecule has 1 aliphatic carbocycles. The number of carbonyl (C=O) groups excluding carboxylic acids is 2. The quantitative estimate of drug-likeness (QED) is 0.806. The van der Waals surface area contributed by atoms with Gasteiger partial charge in [0.05, 0.1) is 17.0 Å². The van der Waals surface area contributed by atoms with Gasteiger partial charge in [-0.3, -0.25) is 14.5 Å². The van der Waals surface area contributed by atoms with Crippen LogP contribution in [0.2, 0.25) is 0 Å². The summed E-state index contributed by atoms with van der Waals surface area (Å²) < 4.78 is 0. The molecule has 6 nitrogen and oxygen atoms in total. The van der Waals surface area contributed by atoms with Crippen molar-refractivity contribution in [3.05, 3.63) is 22.4 Å². The molecule has 0 aromatic carbocycles. The van der Waals surface area contributed by atoms with Gasteiger partial charge in [0.15, 0.2) is 0 Å². The van der Waals surface area contributed by atoms with Crippen molar-refractivity contribution in [2.45, 2.75) is 75.6 Å². The summed E-state index contributed by atoms with van der Waals surface area (Å²) in [7, 11) is 0. The molecule has 0 spiro atoms. The molecule has 0 unspecified atom stereocenters. The van der Waals surface area contributed by atoms with E-state index < -0.39 is 6.10 Å². The lowest BCUT2D eigenvalue weighted by atomic mass is 9.95. The zero-order valence-corrected chi connectivity index (χ0v) is 17.2. The Labute approximate surface area is 170 Å². The number of likely N-dealkylation sites (tertiary alicyclic amines) is 2. The lowest BCUT2D eigenvalue weighted by molar-refractivity contribution is -0.127. The van der Waals surface area contributed by atoms with E-state index in [4.69, 9.17) is 0 Å². The van der Waals surface area contributed by atoms with Crippen molar-refractivity contribution in [1.29, 1.82) is 0 Å². The van der Waals surface area contributed by atoms with Crippen LogP contribution in [-0.2, 0) is 4.79 Å². The van der Waals surface area contributed by atoms with E-state index in [0.717, 1.165) is 30.6 Å². The topological polar surface area (TPSA) is 72.9 Å². The normalized spacial score (nSPS) is 27.8. The zero-order chi connectivity index (χ0) is 19.5. The van der Waals surface area contributed by atoms with Gasteiger partial charge in [-0.05, 0) is 43.6 Å². The van der Waals surface area contributed by atoms with E-state index in [1.54, 1.807) is 0 Å². The van der Waals surface area contributed by atoms with Crippen molar-refractivity contribution in [2.75, 3.05) is 19.6 Å². The molecule has 7 heteroatoms. The molecule has 154 valence electrons. The second kappa shape index (κ2) is 8.93. The Kier molecular flexibility index (Phi) is 6.33. The van der Waals surface area contributed by atoms with Crippen LogP contribution in [0.25, 0.3) is 0 Å². The number of β-amino-alcohol motifs (C(OH)–C–C–N with tert-alkyl or cyclic N) is 1. The molecular weight excluding hydrogens is 374 g/mol. The Hall–Kier alpha value is -1.44. The van der Waals surface area contributed by atoms with Gasteiger partial charge in [0.2, 0.25) is 5.91 Å². The highest BCUT2D eigenvalue weighted by molar-refractivity contribution is 7.12. The Balaban J connectivity index is 1.33. The molecule has 3 heterocycles. The van der Waals surface area contributed by atoms with Crippen molar-refractivity contribution in [3.8, 4) is 0 Å². The highest BCUT2D eigenvalue weighted by Gasteiger charge is 2.41. The number of thiophene rings is 1. The Morgan fingerprint density at radius 3 is 2.54 bits per heavy atom. The monoisotopic (exact) mass is 405 g/mol. The number of aliphatic hydroxyl groups is 1. The molecule has 2 amide bonds. The molecule has 2 N–H and O–H groups in total. The summed E-state index contributed by atoms with van der Waals surface area (Å²) in [5.74, 6) is 0.196. The van der Waals surface area contributed by atoms with E-state index in [9.17, 15) is 14.7 Å². The first-order valence-electron chi connectivity index (χ1n) is 10.7. The maximum Gasteiger partial charge on any atom is 0.263 e. The fourth-order valence-corrected chi connectivity index (χ4v) is 5.69. The zero-order valence-electron chi connectivity index (χ0n) is 16.4. The number of carbonyl (C=O) groups is 2. The average Bonchev–Trinajstić information content (AvgIpc) is 3.38. The number of nitrogens with one attached hydrogen (secondary N) is 1. The smallest absolute Gasteiger partial charge is 0.263 e. The fourth-order valence-electron chi connectivity index (χ4n) is 5.00. The maximum absolute atomic E-state index is 12.9. The minimum atomic E-state index is -0.437. The molecule has 3 aliphatic rings. The fraction of sp³-hybridized carbons (Fsp3) is 0.714. The third-order valence-corrected chi connectivity index (χ3v) is 7.38. The van der Waals surface area contributed by atoms with Gasteiger partial charge in [-0.15, -0.1) is 11.3 Å². The van der Waals surface area contributed by atoms with E-state index >= 15 is 0 Å². The van der Waals surface area contributed by atoms with Crippen LogP contribution in [0.1, 0.15) is 61.0 Å². The van der Waals surface area contributed by atoms with Crippen LogP contribution in [0.15, 0.2) is 17.5 Å². The second-order valence-corrected chi connectivity index (χ2v) is 9.39. The van der Waals surface area contributed by atoms with Gasteiger partial charge in [0, 0.05) is 31.7 Å². The van der Waals surface area contributed by atoms with Crippen LogP contribution in [0.3, 0.4) is 0 Å². The molecule has 0 bridgehead atoms. The second-order valence-electron chi connectivity index (χ2n) is 8.45. The van der Waals surface area contributed by atoms with Crippen molar-refractivity contribution < 1.29 is 14.7 Å². The number of aliphatic hydroxyl groups excluding tert-OH is 1. The van der Waals surface area contributed by atoms with Crippen LogP contribution >= 0.6 is 11.3 Å². The van der Waals surface area contributed by atoms with Crippen molar-refractivity contribution in [3.63, 3.8) is 0 Å². The number of hydrogen-bond donors (Lipinski definition) is 2. The predicted octanol–water partition coefficient (Wildman–Crippen LogP) is 2.24. The van der Waals surface area contributed by atoms with Crippen LogP contribution in [0.5, 0.6) is 0 Å². The molecule has 3 fully saturated rings. The standard InChI is InChI=1S/C21H31N3O3S/c25-17-13-18(20(26)22-15-5-2-1-3-6-15)24(14-17)16-8-10-23(11-9-16)21(27)19-7-4-12-28-19/h4,7,12,15-18,25H,1-3,5-6,8-11,13-14H2,(H,22,26)/t17-,18+/m1/s1. The highest BCUT2D eigenvalue weighted by Crippen LogP contribution is 2.28. The summed E-state index contributed by atoms with van der Waals surface area (Å²) in [6.45, 7) is 1.99. The number of piperidine rings is 1. The molecule has 0 radical (unpaired) electrons. The lowest BCUT2D eigenvalue weighted by Gasteiger charge is -2.39. The van der Waals surface area contributed by atoms with Gasteiger partial charge in [0.25, 0.3) is 5.91 Å². The van der Waals surface area contributed by atoms with Crippen LogP contribution in [-0.4, -0.2) is 70.6 Å². The maximum atomic E-state index is 12.9. The third-order valence-electron chi connectivity index (χ3n) is 6.52. The largest absolute Gasteiger partial charge is 0.392 e. The summed E-state index contributed by atoms with van der Waals surface area (Å²) in [6, 6.07) is 4.10. The summed E-state index contributed by atoms with van der Waals surface area (Å²) in [6.07, 6.45) is 7.60. The minimum absolute atomic E-state index is 0.0838. The summed E-state index contributed by atoms with van der Waals surface area (Å²) >= 11 is 1.48. The van der Waals surface area contributed by atoms with Gasteiger partial charge in [0.1, 0.15) is 0 Å². The molecule has 2 aliphatic heterocycles. The van der Waals surface area contributed by atoms with Crippen molar-refractivity contribution in [2.24, 2.45) is 0 Å². The number of rotatable bonds is 4.